The Balaban J connectivity index is 1.66. The highest BCUT2D eigenvalue weighted by molar-refractivity contribution is 7.06. The van der Waals surface area contributed by atoms with Crippen molar-refractivity contribution < 1.29 is 4.39 Å². The molecule has 200 valence electrons. The van der Waals surface area contributed by atoms with E-state index < -0.39 is 11.4 Å². The molecule has 5 rings (SSSR count). The van der Waals surface area contributed by atoms with Gasteiger partial charge in [0.2, 0.25) is 0 Å². The number of aryl methyl sites for hydroxylation is 2. The van der Waals surface area contributed by atoms with Crippen LogP contribution in [0.2, 0.25) is 0 Å². The van der Waals surface area contributed by atoms with Gasteiger partial charge in [-0.2, -0.15) is 14.2 Å². The van der Waals surface area contributed by atoms with Crippen molar-refractivity contribution in [1.82, 2.24) is 23.7 Å². The van der Waals surface area contributed by atoms with Crippen molar-refractivity contribution in [2.45, 2.75) is 46.5 Å². The lowest BCUT2D eigenvalue weighted by Gasteiger charge is -2.20. The van der Waals surface area contributed by atoms with E-state index in [1.54, 1.807) is 25.5 Å². The molecule has 0 bridgehead atoms. The van der Waals surface area contributed by atoms with Crippen LogP contribution in [0.4, 0.5) is 15.9 Å². The molecule has 0 aliphatic rings. The van der Waals surface area contributed by atoms with E-state index in [4.69, 9.17) is 0 Å². The summed E-state index contributed by atoms with van der Waals surface area (Å²) < 4.78 is 22.2. The van der Waals surface area contributed by atoms with E-state index in [2.05, 4.69) is 19.8 Å². The number of hydrogen-bond acceptors (Lipinski definition) is 7. The normalized spacial score (nSPS) is 11.8. The van der Waals surface area contributed by atoms with Gasteiger partial charge in [-0.3, -0.25) is 9.59 Å². The van der Waals surface area contributed by atoms with Gasteiger partial charge in [-0.1, -0.05) is 27.7 Å². The molecule has 10 heteroatoms. The molecule has 0 aliphatic heterocycles. The average Bonchev–Trinajstić information content (AvgIpc) is 3.30. The maximum absolute atomic E-state index is 15.3. The first kappa shape index (κ1) is 26.4. The molecular weight excluding hydrogens is 515 g/mol. The van der Waals surface area contributed by atoms with Crippen LogP contribution >= 0.6 is 11.5 Å². The fraction of sp³-hybridized carbons (Fsp3) is 0.276. The van der Waals surface area contributed by atoms with Crippen molar-refractivity contribution in [1.29, 1.82) is 0 Å². The van der Waals surface area contributed by atoms with Crippen molar-refractivity contribution >= 4 is 33.8 Å². The summed E-state index contributed by atoms with van der Waals surface area (Å²) >= 11 is 1.35. The molecule has 0 aliphatic carbocycles. The standard InChI is InChI=1S/C29H29FN6O2S/c1-7-20-21(18-12-23(27(37)35(6)15-18)33-24-10-16(2)39-34-24)8-9-31-26(20)36-28(38)25-17(14-32-36)11-19(13-22(25)30)29(3,4)5/h8-15H,7H2,1-6H3,(H,33,34). The highest BCUT2D eigenvalue weighted by atomic mass is 32.1. The van der Waals surface area contributed by atoms with Gasteiger partial charge in [0.1, 0.15) is 17.3 Å². The molecular formula is C29H29FN6O2S. The third-order valence-corrected chi connectivity index (χ3v) is 7.37. The number of nitrogens with zero attached hydrogens (tertiary/aromatic N) is 5. The number of aromatic nitrogens is 5. The average molecular weight is 545 g/mol. The summed E-state index contributed by atoms with van der Waals surface area (Å²) in [4.78, 5) is 31.9. The smallest absolute Gasteiger partial charge is 0.283 e. The molecule has 0 atom stereocenters. The van der Waals surface area contributed by atoms with Gasteiger partial charge in [0.05, 0.1) is 11.6 Å². The summed E-state index contributed by atoms with van der Waals surface area (Å²) in [5.74, 6) is 0.333. The Hall–Kier alpha value is -4.18. The van der Waals surface area contributed by atoms with E-state index in [1.165, 1.54) is 28.4 Å². The molecule has 0 fully saturated rings. The van der Waals surface area contributed by atoms with Gasteiger partial charge in [-0.25, -0.2) is 9.37 Å². The number of anilines is 2. The second kappa shape index (κ2) is 9.85. The van der Waals surface area contributed by atoms with Gasteiger partial charge in [0, 0.05) is 40.8 Å². The molecule has 5 aromatic rings. The zero-order valence-corrected chi connectivity index (χ0v) is 23.5. The molecule has 0 amide bonds. The largest absolute Gasteiger partial charge is 0.335 e. The highest BCUT2D eigenvalue weighted by Gasteiger charge is 2.21. The maximum Gasteiger partial charge on any atom is 0.283 e. The lowest BCUT2D eigenvalue weighted by Crippen LogP contribution is -2.25. The maximum atomic E-state index is 15.3. The van der Waals surface area contributed by atoms with Crippen molar-refractivity contribution in [3.8, 4) is 16.9 Å². The van der Waals surface area contributed by atoms with E-state index in [0.717, 1.165) is 31.8 Å². The van der Waals surface area contributed by atoms with Gasteiger partial charge in [-0.05, 0) is 71.8 Å². The van der Waals surface area contributed by atoms with Gasteiger partial charge < -0.3 is 9.88 Å². The summed E-state index contributed by atoms with van der Waals surface area (Å²) in [6.07, 6.45) is 5.35. The van der Waals surface area contributed by atoms with Crippen LogP contribution < -0.4 is 16.4 Å². The first-order chi connectivity index (χ1) is 18.5. The first-order valence-corrected chi connectivity index (χ1v) is 13.4. The van der Waals surface area contributed by atoms with Crippen LogP contribution in [0.1, 0.15) is 43.7 Å². The van der Waals surface area contributed by atoms with Crippen LogP contribution in [0, 0.1) is 12.7 Å². The lowest BCUT2D eigenvalue weighted by atomic mass is 9.86. The van der Waals surface area contributed by atoms with Gasteiger partial charge in [0.15, 0.2) is 5.82 Å². The molecule has 0 radical (unpaired) electrons. The predicted molar refractivity (Wildman–Crippen MR) is 154 cm³/mol. The Morgan fingerprint density at radius 2 is 1.87 bits per heavy atom. The number of nitrogens with one attached hydrogen (secondary N) is 1. The van der Waals surface area contributed by atoms with E-state index >= 15 is 4.39 Å². The molecule has 0 saturated carbocycles. The fourth-order valence-corrected chi connectivity index (χ4v) is 5.12. The number of benzene rings is 1. The minimum absolute atomic E-state index is 0.0283. The minimum atomic E-state index is -0.584. The summed E-state index contributed by atoms with van der Waals surface area (Å²) in [7, 11) is 1.68. The van der Waals surface area contributed by atoms with Crippen molar-refractivity contribution in [3.63, 3.8) is 0 Å². The number of halogens is 1. The molecule has 39 heavy (non-hydrogen) atoms. The van der Waals surface area contributed by atoms with Gasteiger partial charge in [-0.15, -0.1) is 0 Å². The Morgan fingerprint density at radius 3 is 2.54 bits per heavy atom. The number of fused-ring (bicyclic) bond motifs is 1. The molecule has 0 saturated heterocycles. The summed E-state index contributed by atoms with van der Waals surface area (Å²) in [5, 5.41) is 7.93. The summed E-state index contributed by atoms with van der Waals surface area (Å²) in [5.41, 5.74) is 2.38. The third-order valence-electron chi connectivity index (χ3n) is 6.68. The summed E-state index contributed by atoms with van der Waals surface area (Å²) in [6, 6.07) is 8.70. The molecule has 8 nitrogen and oxygen atoms in total. The number of rotatable bonds is 5. The quantitative estimate of drug-likeness (QED) is 0.307. The Kier molecular flexibility index (Phi) is 6.67. The minimum Gasteiger partial charge on any atom is -0.335 e. The Labute approximate surface area is 229 Å². The molecule has 4 aromatic heterocycles. The molecule has 1 N–H and O–H groups in total. The Bertz CT molecular complexity index is 1850. The van der Waals surface area contributed by atoms with Crippen molar-refractivity contribution in [3.05, 3.63) is 91.5 Å². The topological polar surface area (TPSA) is 94.7 Å². The monoisotopic (exact) mass is 544 g/mol. The van der Waals surface area contributed by atoms with Crippen LogP contribution in [-0.2, 0) is 18.9 Å². The second-order valence-corrected chi connectivity index (χ2v) is 11.6. The molecule has 4 heterocycles. The predicted octanol–water partition coefficient (Wildman–Crippen LogP) is 5.65. The SMILES string of the molecule is CCc1c(-c2cc(Nc3cc(C)sn3)c(=O)n(C)c2)ccnc1-n1ncc2cc(C(C)(C)C)cc(F)c2c1=O. The van der Waals surface area contributed by atoms with Crippen LogP contribution in [-0.4, -0.2) is 23.7 Å². The third kappa shape index (κ3) is 4.87. The molecule has 0 spiro atoms. The van der Waals surface area contributed by atoms with E-state index in [-0.39, 0.29) is 16.4 Å². The fourth-order valence-electron chi connectivity index (χ4n) is 4.61. The van der Waals surface area contributed by atoms with Gasteiger partial charge in [0.25, 0.3) is 11.1 Å². The van der Waals surface area contributed by atoms with Gasteiger partial charge >= 0.3 is 0 Å². The number of pyridine rings is 2. The molecule has 0 unspecified atom stereocenters. The van der Waals surface area contributed by atoms with Crippen LogP contribution in [0.3, 0.4) is 0 Å². The van der Waals surface area contributed by atoms with Crippen molar-refractivity contribution in [2.24, 2.45) is 7.05 Å². The van der Waals surface area contributed by atoms with E-state index in [0.29, 0.717) is 29.1 Å². The van der Waals surface area contributed by atoms with Crippen LogP contribution in [0.25, 0.3) is 27.7 Å². The summed E-state index contributed by atoms with van der Waals surface area (Å²) in [6.45, 7) is 9.86. The van der Waals surface area contributed by atoms with E-state index in [1.807, 2.05) is 52.8 Å². The van der Waals surface area contributed by atoms with E-state index in [9.17, 15) is 9.59 Å². The zero-order chi connectivity index (χ0) is 28.1. The lowest BCUT2D eigenvalue weighted by molar-refractivity contribution is 0.576. The highest BCUT2D eigenvalue weighted by Crippen LogP contribution is 2.30. The van der Waals surface area contributed by atoms with Crippen molar-refractivity contribution in [2.75, 3.05) is 5.32 Å². The van der Waals surface area contributed by atoms with Crippen LogP contribution in [0.15, 0.2) is 58.5 Å². The van der Waals surface area contributed by atoms with Crippen LogP contribution in [0.5, 0.6) is 0 Å². The molecule has 1 aromatic carbocycles. The zero-order valence-electron chi connectivity index (χ0n) is 22.7. The first-order valence-electron chi connectivity index (χ1n) is 12.6. The second-order valence-electron chi connectivity index (χ2n) is 10.6. The Morgan fingerprint density at radius 1 is 1.10 bits per heavy atom. The number of hydrogen-bond donors (Lipinski definition) is 1.